The third kappa shape index (κ3) is 5.67. The van der Waals surface area contributed by atoms with E-state index in [0.29, 0.717) is 0 Å². The first-order valence-corrected chi connectivity index (χ1v) is 5.94. The number of carbonyl (C=O) groups is 1. The van der Waals surface area contributed by atoms with Gasteiger partial charge in [-0.05, 0) is 12.1 Å². The summed E-state index contributed by atoms with van der Waals surface area (Å²) in [6, 6.07) is 5.56. The van der Waals surface area contributed by atoms with Crippen molar-refractivity contribution in [3.8, 4) is 5.75 Å². The minimum Gasteiger partial charge on any atom is -0.490 e. The summed E-state index contributed by atoms with van der Waals surface area (Å²) in [5, 5.41) is 11.6. The maximum absolute atomic E-state index is 13.2. The lowest BCUT2D eigenvalue weighted by Gasteiger charge is -2.15. The van der Waals surface area contributed by atoms with Crippen LogP contribution in [0, 0.1) is 5.82 Å². The molecule has 0 saturated heterocycles. The predicted molar refractivity (Wildman–Crippen MR) is 67.4 cm³/mol. The van der Waals surface area contributed by atoms with Gasteiger partial charge in [0.2, 0.25) is 5.91 Å². The largest absolute Gasteiger partial charge is 0.490 e. The molecule has 106 valence electrons. The highest BCUT2D eigenvalue weighted by molar-refractivity contribution is 5.76. The molecule has 0 radical (unpaired) electrons. The number of rotatable bonds is 8. The van der Waals surface area contributed by atoms with Crippen LogP contribution in [0.1, 0.15) is 6.42 Å². The zero-order valence-electron chi connectivity index (χ0n) is 10.8. The van der Waals surface area contributed by atoms with E-state index in [4.69, 9.17) is 14.6 Å². The van der Waals surface area contributed by atoms with E-state index >= 15 is 0 Å². The summed E-state index contributed by atoms with van der Waals surface area (Å²) < 4.78 is 23.2. The molecule has 0 saturated carbocycles. The van der Waals surface area contributed by atoms with Crippen molar-refractivity contribution in [1.82, 2.24) is 5.32 Å². The highest BCUT2D eigenvalue weighted by Crippen LogP contribution is 2.15. The van der Waals surface area contributed by atoms with Gasteiger partial charge in [0.15, 0.2) is 11.6 Å². The van der Waals surface area contributed by atoms with Crippen LogP contribution < -0.4 is 10.1 Å². The molecule has 0 aromatic heterocycles. The Labute approximate surface area is 111 Å². The summed E-state index contributed by atoms with van der Waals surface area (Å²) in [5.74, 6) is -0.631. The molecule has 6 heteroatoms. The molecule has 0 heterocycles. The van der Waals surface area contributed by atoms with Crippen LogP contribution in [0.3, 0.4) is 0 Å². The second-order valence-electron chi connectivity index (χ2n) is 3.93. The molecule has 19 heavy (non-hydrogen) atoms. The van der Waals surface area contributed by atoms with Crippen molar-refractivity contribution in [2.24, 2.45) is 0 Å². The van der Waals surface area contributed by atoms with Crippen LogP contribution >= 0.6 is 0 Å². The zero-order chi connectivity index (χ0) is 14.1. The fourth-order valence-corrected chi connectivity index (χ4v) is 1.46. The summed E-state index contributed by atoms with van der Waals surface area (Å²) in [6.07, 6.45) is 0.0779. The maximum Gasteiger partial charge on any atom is 0.223 e. The van der Waals surface area contributed by atoms with Gasteiger partial charge in [-0.25, -0.2) is 4.39 Å². The van der Waals surface area contributed by atoms with Gasteiger partial charge in [0.1, 0.15) is 0 Å². The van der Waals surface area contributed by atoms with Gasteiger partial charge >= 0.3 is 0 Å². The minimum atomic E-state index is -0.462. The van der Waals surface area contributed by atoms with E-state index in [9.17, 15) is 9.18 Å². The quantitative estimate of drug-likeness (QED) is 0.731. The molecule has 1 aromatic carbocycles. The van der Waals surface area contributed by atoms with Gasteiger partial charge in [-0.1, -0.05) is 12.1 Å². The molecule has 1 rings (SSSR count). The number of aliphatic hydroxyl groups excluding tert-OH is 1. The molecule has 1 aromatic rings. The highest BCUT2D eigenvalue weighted by Gasteiger charge is 2.11. The Morgan fingerprint density at radius 2 is 2.21 bits per heavy atom. The predicted octanol–water partition coefficient (Wildman–Crippen LogP) is 0.718. The Morgan fingerprint density at radius 1 is 1.47 bits per heavy atom. The average molecular weight is 271 g/mol. The van der Waals surface area contributed by atoms with Gasteiger partial charge in [-0.15, -0.1) is 0 Å². The number of aliphatic hydroxyl groups is 1. The number of ether oxygens (including phenoxy) is 2. The Morgan fingerprint density at radius 3 is 2.84 bits per heavy atom. The van der Waals surface area contributed by atoms with Crippen molar-refractivity contribution < 1.29 is 23.8 Å². The number of benzene rings is 1. The summed E-state index contributed by atoms with van der Waals surface area (Å²) in [5.41, 5.74) is 0. The van der Waals surface area contributed by atoms with Crippen LogP contribution in [0.15, 0.2) is 24.3 Å². The normalized spacial score (nSPS) is 11.9. The standard InChI is InChI=1S/C13H18FNO4/c1-18-9-10(8-16)15-13(17)6-7-19-12-5-3-2-4-11(12)14/h2-5,10,16H,6-9H2,1H3,(H,15,17). The van der Waals surface area contributed by atoms with Crippen molar-refractivity contribution in [2.75, 3.05) is 26.9 Å². The molecule has 1 atom stereocenters. The smallest absolute Gasteiger partial charge is 0.223 e. The van der Waals surface area contributed by atoms with E-state index in [-0.39, 0.29) is 37.9 Å². The van der Waals surface area contributed by atoms with Crippen molar-refractivity contribution in [3.63, 3.8) is 0 Å². The molecule has 1 amide bonds. The van der Waals surface area contributed by atoms with Gasteiger partial charge < -0.3 is 19.9 Å². The van der Waals surface area contributed by atoms with Gasteiger partial charge in [-0.2, -0.15) is 0 Å². The van der Waals surface area contributed by atoms with Crippen LogP contribution in [0.5, 0.6) is 5.75 Å². The molecular weight excluding hydrogens is 253 g/mol. The molecular formula is C13H18FNO4. The molecule has 0 bridgehead atoms. The fraction of sp³-hybridized carbons (Fsp3) is 0.462. The van der Waals surface area contributed by atoms with E-state index in [1.54, 1.807) is 12.1 Å². The van der Waals surface area contributed by atoms with Crippen LogP contribution in [-0.2, 0) is 9.53 Å². The van der Waals surface area contributed by atoms with Crippen molar-refractivity contribution >= 4 is 5.91 Å². The molecule has 0 aliphatic rings. The Bertz CT molecular complexity index is 400. The topological polar surface area (TPSA) is 67.8 Å². The number of hydrogen-bond donors (Lipinski definition) is 2. The van der Waals surface area contributed by atoms with E-state index in [1.807, 2.05) is 0 Å². The summed E-state index contributed by atoms with van der Waals surface area (Å²) in [6.45, 7) is 0.0993. The number of amides is 1. The summed E-state index contributed by atoms with van der Waals surface area (Å²) in [7, 11) is 1.48. The lowest BCUT2D eigenvalue weighted by atomic mass is 10.3. The Balaban J connectivity index is 2.29. The third-order valence-corrected chi connectivity index (χ3v) is 2.38. The first-order chi connectivity index (χ1) is 9.17. The minimum absolute atomic E-state index is 0.0674. The number of methoxy groups -OCH3 is 1. The Hall–Kier alpha value is -1.66. The van der Waals surface area contributed by atoms with Crippen molar-refractivity contribution in [2.45, 2.75) is 12.5 Å². The van der Waals surface area contributed by atoms with E-state index in [0.717, 1.165) is 0 Å². The second kappa shape index (κ2) is 8.44. The average Bonchev–Trinajstić information content (AvgIpc) is 2.40. The van der Waals surface area contributed by atoms with Gasteiger partial charge in [0.25, 0.3) is 0 Å². The third-order valence-electron chi connectivity index (χ3n) is 2.38. The molecule has 0 aliphatic heterocycles. The molecule has 2 N–H and O–H groups in total. The molecule has 0 spiro atoms. The molecule has 0 fully saturated rings. The number of nitrogens with one attached hydrogen (secondary N) is 1. The fourth-order valence-electron chi connectivity index (χ4n) is 1.46. The first kappa shape index (κ1) is 15.4. The summed E-state index contributed by atoms with van der Waals surface area (Å²) in [4.78, 5) is 11.5. The van der Waals surface area contributed by atoms with Gasteiger partial charge in [-0.3, -0.25) is 4.79 Å². The highest BCUT2D eigenvalue weighted by atomic mass is 19.1. The van der Waals surface area contributed by atoms with Crippen LogP contribution in [0.25, 0.3) is 0 Å². The van der Waals surface area contributed by atoms with Gasteiger partial charge in [0, 0.05) is 7.11 Å². The van der Waals surface area contributed by atoms with Crippen LogP contribution in [0.2, 0.25) is 0 Å². The first-order valence-electron chi connectivity index (χ1n) is 5.94. The Kier molecular flexibility index (Phi) is 6.84. The van der Waals surface area contributed by atoms with E-state index in [2.05, 4.69) is 5.32 Å². The van der Waals surface area contributed by atoms with E-state index < -0.39 is 11.9 Å². The SMILES string of the molecule is COCC(CO)NC(=O)CCOc1ccccc1F. The van der Waals surface area contributed by atoms with E-state index in [1.165, 1.54) is 19.2 Å². The monoisotopic (exact) mass is 271 g/mol. The number of hydrogen-bond acceptors (Lipinski definition) is 4. The number of halogens is 1. The van der Waals surface area contributed by atoms with Crippen LogP contribution in [0.4, 0.5) is 4.39 Å². The number of carbonyl (C=O) groups excluding carboxylic acids is 1. The summed E-state index contributed by atoms with van der Waals surface area (Å²) >= 11 is 0. The lowest BCUT2D eigenvalue weighted by molar-refractivity contribution is -0.123. The van der Waals surface area contributed by atoms with Gasteiger partial charge in [0.05, 0.1) is 32.3 Å². The molecule has 0 aliphatic carbocycles. The van der Waals surface area contributed by atoms with Crippen molar-refractivity contribution in [3.05, 3.63) is 30.1 Å². The molecule has 1 unspecified atom stereocenters. The lowest BCUT2D eigenvalue weighted by Crippen LogP contribution is -2.41. The maximum atomic E-state index is 13.2. The van der Waals surface area contributed by atoms with Crippen molar-refractivity contribution in [1.29, 1.82) is 0 Å². The number of para-hydroxylation sites is 1. The second-order valence-corrected chi connectivity index (χ2v) is 3.93. The zero-order valence-corrected chi connectivity index (χ0v) is 10.8. The molecule has 5 nitrogen and oxygen atoms in total. The van der Waals surface area contributed by atoms with Crippen LogP contribution in [-0.4, -0.2) is 44.0 Å².